The Morgan fingerprint density at radius 2 is 1.41 bits per heavy atom. The Hall–Kier alpha value is -4.68. The maximum atomic E-state index is 12.0. The van der Waals surface area contributed by atoms with Crippen molar-refractivity contribution in [1.29, 1.82) is 0 Å². The van der Waals surface area contributed by atoms with E-state index in [1.807, 2.05) is 42.5 Å². The van der Waals surface area contributed by atoms with Gasteiger partial charge in [-0.2, -0.15) is 0 Å². The van der Waals surface area contributed by atoms with Crippen LogP contribution >= 0.6 is 0 Å². The summed E-state index contributed by atoms with van der Waals surface area (Å²) in [4.78, 5) is 24.0. The number of hydrogen-bond acceptors (Lipinski definition) is 6. The van der Waals surface area contributed by atoms with E-state index in [9.17, 15) is 14.7 Å². The SMILES string of the molecule is C=C(C)C(=O)OCCc1cc(-c2ccccc2)ccc1-c1ccc2cc(OCCO)c(COC(=O)C(=C)C)cc2c1. The van der Waals surface area contributed by atoms with Gasteiger partial charge in [0.05, 0.1) is 13.2 Å². The Morgan fingerprint density at radius 3 is 2.12 bits per heavy atom. The maximum absolute atomic E-state index is 12.0. The van der Waals surface area contributed by atoms with Crippen molar-refractivity contribution in [3.05, 3.63) is 114 Å². The number of carbonyl (C=O) groups is 2. The first kappa shape index (κ1) is 29.3. The van der Waals surface area contributed by atoms with Crippen LogP contribution in [-0.4, -0.2) is 36.9 Å². The average molecular weight is 551 g/mol. The Balaban J connectivity index is 1.73. The van der Waals surface area contributed by atoms with Gasteiger partial charge in [0, 0.05) is 23.1 Å². The molecule has 0 atom stereocenters. The van der Waals surface area contributed by atoms with Gasteiger partial charge in [0.2, 0.25) is 0 Å². The summed E-state index contributed by atoms with van der Waals surface area (Å²) >= 11 is 0. The van der Waals surface area contributed by atoms with Crippen LogP contribution in [0.2, 0.25) is 0 Å². The molecule has 1 N–H and O–H groups in total. The average Bonchev–Trinajstić information content (AvgIpc) is 2.98. The summed E-state index contributed by atoms with van der Waals surface area (Å²) in [6.45, 7) is 10.8. The Bertz CT molecular complexity index is 1590. The quantitative estimate of drug-likeness (QED) is 0.154. The molecule has 4 rings (SSSR count). The molecule has 0 aliphatic carbocycles. The molecule has 0 fully saturated rings. The second-order valence-corrected chi connectivity index (χ2v) is 9.85. The Labute approximate surface area is 240 Å². The number of esters is 2. The minimum absolute atomic E-state index is 0.0116. The zero-order valence-electron chi connectivity index (χ0n) is 23.4. The van der Waals surface area contributed by atoms with E-state index >= 15 is 0 Å². The molecule has 0 saturated heterocycles. The van der Waals surface area contributed by atoms with Crippen LogP contribution in [0.3, 0.4) is 0 Å². The zero-order chi connectivity index (χ0) is 29.4. The molecule has 6 heteroatoms. The number of carbonyl (C=O) groups excluding carboxylic acids is 2. The molecule has 0 spiro atoms. The van der Waals surface area contributed by atoms with Crippen molar-refractivity contribution in [2.45, 2.75) is 26.9 Å². The van der Waals surface area contributed by atoms with Crippen LogP contribution in [0.15, 0.2) is 103 Å². The van der Waals surface area contributed by atoms with Crippen LogP contribution in [0.5, 0.6) is 5.75 Å². The number of aliphatic hydroxyl groups is 1. The van der Waals surface area contributed by atoms with Crippen molar-refractivity contribution in [2.75, 3.05) is 19.8 Å². The smallest absolute Gasteiger partial charge is 0.333 e. The lowest BCUT2D eigenvalue weighted by Gasteiger charge is -2.16. The fourth-order valence-electron chi connectivity index (χ4n) is 4.43. The van der Waals surface area contributed by atoms with E-state index in [0.29, 0.717) is 28.9 Å². The van der Waals surface area contributed by atoms with Crippen LogP contribution in [0.25, 0.3) is 33.0 Å². The third kappa shape index (κ3) is 7.50. The molecule has 0 aromatic heterocycles. The molecule has 4 aromatic rings. The second kappa shape index (κ2) is 13.6. The highest BCUT2D eigenvalue weighted by Crippen LogP contribution is 2.34. The highest BCUT2D eigenvalue weighted by molar-refractivity contribution is 5.91. The van der Waals surface area contributed by atoms with Gasteiger partial charge >= 0.3 is 11.9 Å². The summed E-state index contributed by atoms with van der Waals surface area (Å²) < 4.78 is 16.6. The van der Waals surface area contributed by atoms with E-state index in [2.05, 4.69) is 49.6 Å². The van der Waals surface area contributed by atoms with Crippen LogP contribution in [0.4, 0.5) is 0 Å². The molecule has 4 aromatic carbocycles. The zero-order valence-corrected chi connectivity index (χ0v) is 23.4. The number of aliphatic hydroxyl groups excluding tert-OH is 1. The Kier molecular flexibility index (Phi) is 9.72. The van der Waals surface area contributed by atoms with Gasteiger partial charge in [-0.3, -0.25) is 0 Å². The molecule has 6 nitrogen and oxygen atoms in total. The number of hydrogen-bond donors (Lipinski definition) is 1. The van der Waals surface area contributed by atoms with Gasteiger partial charge in [-0.25, -0.2) is 9.59 Å². The van der Waals surface area contributed by atoms with E-state index in [1.54, 1.807) is 13.8 Å². The van der Waals surface area contributed by atoms with Crippen LogP contribution < -0.4 is 4.74 Å². The third-order valence-electron chi connectivity index (χ3n) is 6.55. The van der Waals surface area contributed by atoms with Crippen molar-refractivity contribution >= 4 is 22.7 Å². The number of benzene rings is 4. The lowest BCUT2D eigenvalue weighted by atomic mass is 9.92. The van der Waals surface area contributed by atoms with E-state index in [4.69, 9.17) is 14.2 Å². The first-order chi connectivity index (χ1) is 19.8. The summed E-state index contributed by atoms with van der Waals surface area (Å²) in [5.41, 5.74) is 6.59. The van der Waals surface area contributed by atoms with Gasteiger partial charge in [0.15, 0.2) is 0 Å². The molecule has 0 unspecified atom stereocenters. The first-order valence-electron chi connectivity index (χ1n) is 13.4. The predicted molar refractivity (Wildman–Crippen MR) is 161 cm³/mol. The van der Waals surface area contributed by atoms with Gasteiger partial charge in [-0.15, -0.1) is 0 Å². The fraction of sp³-hybridized carbons (Fsp3) is 0.200. The van der Waals surface area contributed by atoms with Crippen LogP contribution in [0.1, 0.15) is 25.0 Å². The van der Waals surface area contributed by atoms with Crippen molar-refractivity contribution < 1.29 is 28.9 Å². The van der Waals surface area contributed by atoms with Gasteiger partial charge in [-0.05, 0) is 70.6 Å². The molecule has 210 valence electrons. The Morgan fingerprint density at radius 1 is 0.707 bits per heavy atom. The normalized spacial score (nSPS) is 10.7. The van der Waals surface area contributed by atoms with Crippen molar-refractivity contribution in [2.24, 2.45) is 0 Å². The van der Waals surface area contributed by atoms with E-state index in [1.165, 1.54) is 0 Å². The van der Waals surface area contributed by atoms with Crippen LogP contribution in [0, 0.1) is 0 Å². The number of ether oxygens (including phenoxy) is 3. The fourth-order valence-corrected chi connectivity index (χ4v) is 4.43. The second-order valence-electron chi connectivity index (χ2n) is 9.85. The molecular formula is C35H34O6. The monoisotopic (exact) mass is 550 g/mol. The molecule has 0 aliphatic rings. The predicted octanol–water partition coefficient (Wildman–Crippen LogP) is 6.83. The molecule has 0 aliphatic heterocycles. The highest BCUT2D eigenvalue weighted by atomic mass is 16.5. The molecule has 0 bridgehead atoms. The number of rotatable bonds is 12. The molecule has 0 amide bonds. The van der Waals surface area contributed by atoms with Crippen LogP contribution in [-0.2, 0) is 32.1 Å². The van der Waals surface area contributed by atoms with Gasteiger partial charge < -0.3 is 19.3 Å². The summed E-state index contributed by atoms with van der Waals surface area (Å²) in [5, 5.41) is 11.1. The van der Waals surface area contributed by atoms with Gasteiger partial charge in [-0.1, -0.05) is 73.8 Å². The van der Waals surface area contributed by atoms with Crippen molar-refractivity contribution in [3.8, 4) is 28.0 Å². The summed E-state index contributed by atoms with van der Waals surface area (Å²) in [6, 6.07) is 26.4. The summed E-state index contributed by atoms with van der Waals surface area (Å²) in [6.07, 6.45) is 0.531. The lowest BCUT2D eigenvalue weighted by Crippen LogP contribution is -2.08. The molecular weight excluding hydrogens is 516 g/mol. The highest BCUT2D eigenvalue weighted by Gasteiger charge is 2.14. The van der Waals surface area contributed by atoms with Gasteiger partial charge in [0.1, 0.15) is 19.0 Å². The maximum Gasteiger partial charge on any atom is 0.333 e. The molecule has 0 radical (unpaired) electrons. The topological polar surface area (TPSA) is 82.1 Å². The van der Waals surface area contributed by atoms with Crippen molar-refractivity contribution in [1.82, 2.24) is 0 Å². The molecule has 0 heterocycles. The number of fused-ring (bicyclic) bond motifs is 1. The minimum Gasteiger partial charge on any atom is -0.491 e. The summed E-state index contributed by atoms with van der Waals surface area (Å²) in [7, 11) is 0. The standard InChI is InChI=1S/C35H34O6/c1-23(2)34(37)40-16-14-29-18-26(25-8-6-5-7-9-25)12-13-32(29)28-11-10-27-21-33(39-17-15-36)31(20-30(27)19-28)22-41-35(38)24(3)4/h5-13,18-21,36H,1,3,14-17,22H2,2,4H3. The molecule has 41 heavy (non-hydrogen) atoms. The van der Waals surface area contributed by atoms with E-state index < -0.39 is 11.9 Å². The minimum atomic E-state index is -0.484. The summed E-state index contributed by atoms with van der Waals surface area (Å²) in [5.74, 6) is -0.348. The largest absolute Gasteiger partial charge is 0.491 e. The lowest BCUT2D eigenvalue weighted by molar-refractivity contribution is -0.140. The van der Waals surface area contributed by atoms with Gasteiger partial charge in [0.25, 0.3) is 0 Å². The molecule has 0 saturated carbocycles. The van der Waals surface area contributed by atoms with E-state index in [0.717, 1.165) is 38.6 Å². The first-order valence-corrected chi connectivity index (χ1v) is 13.4. The third-order valence-corrected chi connectivity index (χ3v) is 6.55. The van der Waals surface area contributed by atoms with Crippen molar-refractivity contribution in [3.63, 3.8) is 0 Å². The van der Waals surface area contributed by atoms with E-state index in [-0.39, 0.29) is 26.4 Å².